The molecule has 2 aromatic rings. The Morgan fingerprint density at radius 1 is 1.00 bits per heavy atom. The summed E-state index contributed by atoms with van der Waals surface area (Å²) in [5, 5.41) is 0. The van der Waals surface area contributed by atoms with Gasteiger partial charge in [0.2, 0.25) is 21.8 Å². The zero-order valence-corrected chi connectivity index (χ0v) is 17.7. The number of sulfonamides is 1. The van der Waals surface area contributed by atoms with Gasteiger partial charge in [0.1, 0.15) is 0 Å². The quantitative estimate of drug-likeness (QED) is 0.542. The average molecular weight is 428 g/mol. The summed E-state index contributed by atoms with van der Waals surface area (Å²) >= 11 is 0. The van der Waals surface area contributed by atoms with Gasteiger partial charge in [-0.2, -0.15) is 0 Å². The van der Waals surface area contributed by atoms with Crippen molar-refractivity contribution in [2.24, 2.45) is 0 Å². The number of anilines is 2. The van der Waals surface area contributed by atoms with E-state index >= 15 is 0 Å². The Hall–Kier alpha value is -2.71. The zero-order valence-electron chi connectivity index (χ0n) is 16.9. The topological polar surface area (TPSA) is 86.8 Å². The van der Waals surface area contributed by atoms with E-state index in [1.165, 1.54) is 35.5 Å². The molecule has 1 N–H and O–H groups in total. The van der Waals surface area contributed by atoms with Gasteiger partial charge in [0.05, 0.1) is 10.6 Å². The van der Waals surface area contributed by atoms with Crippen molar-refractivity contribution in [2.75, 3.05) is 22.9 Å². The van der Waals surface area contributed by atoms with Crippen LogP contribution in [0.3, 0.4) is 0 Å². The maximum absolute atomic E-state index is 12.6. The first-order valence-electron chi connectivity index (χ1n) is 10.2. The number of carbonyl (C=O) groups excluding carboxylic acids is 2. The van der Waals surface area contributed by atoms with Gasteiger partial charge >= 0.3 is 0 Å². The Morgan fingerprint density at radius 3 is 2.37 bits per heavy atom. The maximum atomic E-state index is 12.6. The van der Waals surface area contributed by atoms with Crippen LogP contribution in [0.25, 0.3) is 0 Å². The number of carbonyl (C=O) groups is 2. The van der Waals surface area contributed by atoms with E-state index in [0.717, 1.165) is 17.9 Å². The number of nitrogens with one attached hydrogen (secondary N) is 1. The monoisotopic (exact) mass is 427 g/mol. The predicted octanol–water partition coefficient (Wildman–Crippen LogP) is 2.46. The number of fused-ring (bicyclic) bond motifs is 1. The molecule has 2 aliphatic heterocycles. The smallest absolute Gasteiger partial charge is 0.240 e. The highest BCUT2D eigenvalue weighted by Crippen LogP contribution is 2.31. The van der Waals surface area contributed by atoms with Gasteiger partial charge in [-0.05, 0) is 55.7 Å². The van der Waals surface area contributed by atoms with Gasteiger partial charge in [-0.3, -0.25) is 14.5 Å². The van der Waals surface area contributed by atoms with Crippen LogP contribution in [0.1, 0.15) is 31.7 Å². The molecule has 30 heavy (non-hydrogen) atoms. The molecular formula is C22H25N3O4S. The molecule has 0 spiro atoms. The molecule has 1 fully saturated rings. The molecule has 2 heterocycles. The second kappa shape index (κ2) is 8.20. The van der Waals surface area contributed by atoms with E-state index in [-0.39, 0.29) is 29.6 Å². The van der Waals surface area contributed by atoms with Crippen LogP contribution in [0.2, 0.25) is 0 Å². The van der Waals surface area contributed by atoms with Crippen LogP contribution in [-0.2, 0) is 26.0 Å². The van der Waals surface area contributed by atoms with Gasteiger partial charge in [-0.1, -0.05) is 18.2 Å². The highest BCUT2D eigenvalue weighted by atomic mass is 32.2. The van der Waals surface area contributed by atoms with Gasteiger partial charge in [0, 0.05) is 37.7 Å². The van der Waals surface area contributed by atoms with Crippen LogP contribution < -0.4 is 14.5 Å². The first-order valence-corrected chi connectivity index (χ1v) is 11.7. The first-order chi connectivity index (χ1) is 14.4. The Morgan fingerprint density at radius 2 is 1.67 bits per heavy atom. The number of para-hydroxylation sites is 1. The Bertz CT molecular complexity index is 1050. The lowest BCUT2D eigenvalue weighted by atomic mass is 10.1. The number of hydrogen-bond acceptors (Lipinski definition) is 5. The van der Waals surface area contributed by atoms with Crippen LogP contribution in [0, 0.1) is 0 Å². The molecule has 7 nitrogen and oxygen atoms in total. The molecule has 4 rings (SSSR count). The van der Waals surface area contributed by atoms with Crippen molar-refractivity contribution in [1.82, 2.24) is 4.72 Å². The number of rotatable bonds is 7. The van der Waals surface area contributed by atoms with Crippen molar-refractivity contribution in [3.05, 3.63) is 54.1 Å². The lowest BCUT2D eigenvalue weighted by Gasteiger charge is -2.24. The molecule has 0 bridgehead atoms. The fourth-order valence-electron chi connectivity index (χ4n) is 4.15. The van der Waals surface area contributed by atoms with E-state index in [2.05, 4.69) is 28.7 Å². The molecule has 2 aliphatic rings. The minimum absolute atomic E-state index is 0.116. The molecule has 2 aromatic carbocycles. The van der Waals surface area contributed by atoms with Crippen molar-refractivity contribution in [3.8, 4) is 0 Å². The van der Waals surface area contributed by atoms with Gasteiger partial charge in [0.25, 0.3) is 0 Å². The summed E-state index contributed by atoms with van der Waals surface area (Å²) < 4.78 is 27.8. The molecule has 1 saturated heterocycles. The first kappa shape index (κ1) is 20.6. The molecule has 8 heteroatoms. The average Bonchev–Trinajstić information content (AvgIpc) is 3.23. The second-order valence-corrected chi connectivity index (χ2v) is 9.51. The number of nitrogens with zero attached hydrogens (tertiary/aromatic N) is 2. The van der Waals surface area contributed by atoms with Crippen molar-refractivity contribution in [2.45, 2.75) is 43.5 Å². The summed E-state index contributed by atoms with van der Waals surface area (Å²) in [6.45, 7) is 3.29. The van der Waals surface area contributed by atoms with Gasteiger partial charge in [0.15, 0.2) is 0 Å². The number of imide groups is 1. The largest absolute Gasteiger partial charge is 0.368 e. The highest BCUT2D eigenvalue weighted by molar-refractivity contribution is 7.89. The third-order valence-electron chi connectivity index (χ3n) is 5.67. The van der Waals surface area contributed by atoms with Gasteiger partial charge < -0.3 is 4.90 Å². The van der Waals surface area contributed by atoms with Gasteiger partial charge in [-0.25, -0.2) is 13.1 Å². The lowest BCUT2D eigenvalue weighted by Crippen LogP contribution is -2.33. The fourth-order valence-corrected chi connectivity index (χ4v) is 5.22. The second-order valence-electron chi connectivity index (χ2n) is 7.74. The number of amides is 2. The fraction of sp³-hybridized carbons (Fsp3) is 0.364. The summed E-state index contributed by atoms with van der Waals surface area (Å²) in [7, 11) is -3.65. The normalized spacial score (nSPS) is 18.9. The van der Waals surface area contributed by atoms with E-state index < -0.39 is 10.0 Å². The Labute approximate surface area is 176 Å². The van der Waals surface area contributed by atoms with E-state index in [1.807, 2.05) is 12.1 Å². The number of benzene rings is 2. The summed E-state index contributed by atoms with van der Waals surface area (Å²) in [5.41, 5.74) is 2.97. The van der Waals surface area contributed by atoms with Crippen LogP contribution in [0.4, 0.5) is 11.4 Å². The van der Waals surface area contributed by atoms with Crippen molar-refractivity contribution in [1.29, 1.82) is 0 Å². The summed E-state index contributed by atoms with van der Waals surface area (Å²) in [4.78, 5) is 27.2. The van der Waals surface area contributed by atoms with E-state index in [9.17, 15) is 18.0 Å². The Balaban J connectivity index is 1.34. The third-order valence-corrected chi connectivity index (χ3v) is 7.15. The summed E-state index contributed by atoms with van der Waals surface area (Å²) in [5.74, 6) is -0.516. The molecular weight excluding hydrogens is 402 g/mol. The molecule has 0 unspecified atom stereocenters. The van der Waals surface area contributed by atoms with Crippen LogP contribution in [-0.4, -0.2) is 39.4 Å². The minimum atomic E-state index is -3.65. The van der Waals surface area contributed by atoms with Crippen LogP contribution in [0.15, 0.2) is 53.4 Å². The van der Waals surface area contributed by atoms with Crippen molar-refractivity contribution in [3.63, 3.8) is 0 Å². The molecule has 158 valence electrons. The molecule has 0 saturated carbocycles. The van der Waals surface area contributed by atoms with E-state index in [0.29, 0.717) is 24.7 Å². The molecule has 2 amide bonds. The van der Waals surface area contributed by atoms with Crippen molar-refractivity contribution >= 4 is 33.2 Å². The zero-order chi connectivity index (χ0) is 21.3. The van der Waals surface area contributed by atoms with E-state index in [4.69, 9.17) is 0 Å². The van der Waals surface area contributed by atoms with Crippen molar-refractivity contribution < 1.29 is 18.0 Å². The molecule has 1 atom stereocenters. The highest BCUT2D eigenvalue weighted by Gasteiger charge is 2.30. The predicted molar refractivity (Wildman–Crippen MR) is 115 cm³/mol. The Kier molecular flexibility index (Phi) is 5.62. The summed E-state index contributed by atoms with van der Waals surface area (Å²) in [6.07, 6.45) is 2.09. The molecule has 0 aliphatic carbocycles. The minimum Gasteiger partial charge on any atom is -0.368 e. The SMILES string of the molecule is C[C@@H]1Cc2ccccc2N1CCCNS(=O)(=O)c1ccc(N2C(=O)CCC2=O)cc1. The lowest BCUT2D eigenvalue weighted by molar-refractivity contribution is -0.121. The third kappa shape index (κ3) is 3.97. The molecule has 0 radical (unpaired) electrons. The molecule has 0 aromatic heterocycles. The van der Waals surface area contributed by atoms with Gasteiger partial charge in [-0.15, -0.1) is 0 Å². The maximum Gasteiger partial charge on any atom is 0.240 e. The number of hydrogen-bond donors (Lipinski definition) is 1. The van der Waals surface area contributed by atoms with Crippen LogP contribution >= 0.6 is 0 Å². The summed E-state index contributed by atoms with van der Waals surface area (Å²) in [6, 6.07) is 14.6. The van der Waals surface area contributed by atoms with Crippen LogP contribution in [0.5, 0.6) is 0 Å². The standard InChI is InChI=1S/C22H25N3O4S/c1-16-15-17-5-2-3-6-20(17)24(16)14-4-13-23-30(28,29)19-9-7-18(8-10-19)25-21(26)11-12-22(25)27/h2-3,5-10,16,23H,4,11-15H2,1H3/t16-/m1/s1. The van der Waals surface area contributed by atoms with E-state index in [1.54, 1.807) is 0 Å².